The van der Waals surface area contributed by atoms with Gasteiger partial charge in [-0.1, -0.05) is 39.5 Å². The Kier molecular flexibility index (Phi) is 10.9. The molecule has 0 spiro atoms. The molecule has 0 aromatic carbocycles. The van der Waals surface area contributed by atoms with Crippen LogP contribution in [0.15, 0.2) is 0 Å². The predicted octanol–water partition coefficient (Wildman–Crippen LogP) is 1.57. The third kappa shape index (κ3) is 15.7. The zero-order valence-corrected chi connectivity index (χ0v) is 13.7. The molecule has 1 atom stereocenters. The molecule has 0 radical (unpaired) electrons. The highest BCUT2D eigenvalue weighted by Gasteiger charge is 2.17. The Morgan fingerprint density at radius 3 is 2.38 bits per heavy atom. The van der Waals surface area contributed by atoms with Crippen molar-refractivity contribution in [1.29, 1.82) is 0 Å². The van der Waals surface area contributed by atoms with Crippen molar-refractivity contribution in [2.24, 2.45) is 5.92 Å². The smallest absolute Gasteiger partial charge is 0.389 e. The van der Waals surface area contributed by atoms with Crippen molar-refractivity contribution in [2.45, 2.75) is 58.5 Å². The zero-order valence-electron chi connectivity index (χ0n) is 12.8. The minimum absolute atomic E-state index is 0.0772. The number of hydrogen-bond acceptors (Lipinski definition) is 4. The van der Waals surface area contributed by atoms with Crippen LogP contribution in [0.3, 0.4) is 0 Å². The van der Waals surface area contributed by atoms with Gasteiger partial charge in [0.1, 0.15) is 0 Å². The molecule has 21 heavy (non-hydrogen) atoms. The summed E-state index contributed by atoms with van der Waals surface area (Å²) in [6.45, 7) is 3.79. The molecule has 0 aliphatic heterocycles. The summed E-state index contributed by atoms with van der Waals surface area (Å²) >= 11 is 0. The zero-order chi connectivity index (χ0) is 16.3. The van der Waals surface area contributed by atoms with Gasteiger partial charge in [0.05, 0.1) is 12.7 Å². The maximum Gasteiger partial charge on any atom is 0.469 e. The van der Waals surface area contributed by atoms with Gasteiger partial charge in [0, 0.05) is 13.0 Å². The highest BCUT2D eigenvalue weighted by Crippen LogP contribution is 2.35. The molecule has 0 aliphatic rings. The lowest BCUT2D eigenvalue weighted by Crippen LogP contribution is -2.34. The van der Waals surface area contributed by atoms with Crippen molar-refractivity contribution >= 4 is 13.7 Å². The summed E-state index contributed by atoms with van der Waals surface area (Å²) in [5.41, 5.74) is 0. The molecule has 0 aliphatic carbocycles. The maximum absolute atomic E-state index is 11.5. The molecule has 0 saturated heterocycles. The number of phosphoric acid groups is 1. The highest BCUT2D eigenvalue weighted by molar-refractivity contribution is 7.46. The Morgan fingerprint density at radius 2 is 1.81 bits per heavy atom. The van der Waals surface area contributed by atoms with Crippen LogP contribution in [0.1, 0.15) is 52.4 Å². The summed E-state index contributed by atoms with van der Waals surface area (Å²) in [6.07, 6.45) is 4.57. The molecular weight excluding hydrogens is 297 g/mol. The maximum atomic E-state index is 11.5. The van der Waals surface area contributed by atoms with E-state index in [1.54, 1.807) is 0 Å². The summed E-state index contributed by atoms with van der Waals surface area (Å²) in [7, 11) is -4.58. The molecular formula is C13H28NO6P. The first kappa shape index (κ1) is 20.5. The van der Waals surface area contributed by atoms with E-state index < -0.39 is 20.5 Å². The number of aliphatic hydroxyl groups excluding tert-OH is 1. The van der Waals surface area contributed by atoms with E-state index in [2.05, 4.69) is 23.7 Å². The minimum atomic E-state index is -4.58. The lowest BCUT2D eigenvalue weighted by Gasteiger charge is -2.12. The molecule has 1 amide bonds. The van der Waals surface area contributed by atoms with Gasteiger partial charge in [-0.05, 0) is 12.3 Å². The second-order valence-corrected chi connectivity index (χ2v) is 6.83. The van der Waals surface area contributed by atoms with Crippen LogP contribution in [-0.2, 0) is 13.9 Å². The second-order valence-electron chi connectivity index (χ2n) is 5.59. The van der Waals surface area contributed by atoms with E-state index in [4.69, 9.17) is 9.79 Å². The van der Waals surface area contributed by atoms with E-state index in [9.17, 15) is 14.5 Å². The van der Waals surface area contributed by atoms with Gasteiger partial charge in [-0.25, -0.2) is 4.57 Å². The first-order chi connectivity index (χ1) is 9.70. The predicted molar refractivity (Wildman–Crippen MR) is 79.6 cm³/mol. The standard InChI is InChI=1S/C13H28NO6P/c1-11(2)7-5-3-4-6-8-13(16)14-9-12(15)10-20-21(17,18)19/h11-12,15H,3-10H2,1-2H3,(H,14,16)(H2,17,18,19). The molecule has 0 aromatic rings. The molecule has 0 rings (SSSR count). The van der Waals surface area contributed by atoms with Crippen LogP contribution in [0.4, 0.5) is 0 Å². The molecule has 126 valence electrons. The molecule has 0 saturated carbocycles. The number of carbonyl (C=O) groups excluding carboxylic acids is 1. The number of hydrogen-bond donors (Lipinski definition) is 4. The first-order valence-corrected chi connectivity index (χ1v) is 8.88. The van der Waals surface area contributed by atoms with Gasteiger partial charge in [-0.2, -0.15) is 0 Å². The molecule has 0 fully saturated rings. The van der Waals surface area contributed by atoms with Gasteiger partial charge in [0.2, 0.25) is 5.91 Å². The van der Waals surface area contributed by atoms with Gasteiger partial charge in [0.15, 0.2) is 0 Å². The van der Waals surface area contributed by atoms with Gasteiger partial charge < -0.3 is 20.2 Å². The fraction of sp³-hybridized carbons (Fsp3) is 0.923. The van der Waals surface area contributed by atoms with E-state index in [0.717, 1.165) is 19.3 Å². The number of phosphoric ester groups is 1. The van der Waals surface area contributed by atoms with E-state index in [1.165, 1.54) is 12.8 Å². The van der Waals surface area contributed by atoms with Gasteiger partial charge in [-0.15, -0.1) is 0 Å². The molecule has 1 unspecified atom stereocenters. The Balaban J connectivity index is 3.51. The minimum Gasteiger partial charge on any atom is -0.389 e. The van der Waals surface area contributed by atoms with Crippen LogP contribution in [0.5, 0.6) is 0 Å². The number of carbonyl (C=O) groups is 1. The summed E-state index contributed by atoms with van der Waals surface area (Å²) in [5, 5.41) is 11.9. The molecule has 4 N–H and O–H groups in total. The SMILES string of the molecule is CC(C)CCCCCCC(=O)NCC(O)COP(=O)(O)O. The Morgan fingerprint density at radius 1 is 1.19 bits per heavy atom. The summed E-state index contributed by atoms with van der Waals surface area (Å²) in [6, 6.07) is 0. The fourth-order valence-corrected chi connectivity index (χ4v) is 2.12. The summed E-state index contributed by atoms with van der Waals surface area (Å²) < 4.78 is 14.6. The molecule has 0 heterocycles. The van der Waals surface area contributed by atoms with Gasteiger partial charge in [-0.3, -0.25) is 9.32 Å². The third-order valence-corrected chi connectivity index (χ3v) is 3.39. The monoisotopic (exact) mass is 325 g/mol. The van der Waals surface area contributed by atoms with Gasteiger partial charge in [0.25, 0.3) is 0 Å². The lowest BCUT2D eigenvalue weighted by atomic mass is 10.0. The van der Waals surface area contributed by atoms with Crippen LogP contribution in [0, 0.1) is 5.92 Å². The Labute approximate surface area is 126 Å². The highest BCUT2D eigenvalue weighted by atomic mass is 31.2. The van der Waals surface area contributed by atoms with Crippen molar-refractivity contribution < 1.29 is 28.8 Å². The largest absolute Gasteiger partial charge is 0.469 e. The Hall–Kier alpha value is -0.460. The number of unbranched alkanes of at least 4 members (excludes halogenated alkanes) is 3. The average molecular weight is 325 g/mol. The van der Waals surface area contributed by atoms with Crippen molar-refractivity contribution in [1.82, 2.24) is 5.32 Å². The summed E-state index contributed by atoms with van der Waals surface area (Å²) in [5.74, 6) is 0.541. The van der Waals surface area contributed by atoms with Crippen LogP contribution < -0.4 is 5.32 Å². The molecule has 8 heteroatoms. The van der Waals surface area contributed by atoms with Crippen LogP contribution in [0.25, 0.3) is 0 Å². The van der Waals surface area contributed by atoms with Gasteiger partial charge >= 0.3 is 7.82 Å². The Bertz CT molecular complexity index is 331. The normalized spacial score (nSPS) is 13.4. The van der Waals surface area contributed by atoms with E-state index in [0.29, 0.717) is 12.3 Å². The lowest BCUT2D eigenvalue weighted by molar-refractivity contribution is -0.121. The molecule has 0 bridgehead atoms. The van der Waals surface area contributed by atoms with Crippen molar-refractivity contribution in [3.8, 4) is 0 Å². The van der Waals surface area contributed by atoms with E-state index >= 15 is 0 Å². The van der Waals surface area contributed by atoms with Crippen LogP contribution in [-0.4, -0.2) is 40.1 Å². The third-order valence-electron chi connectivity index (χ3n) is 2.91. The topological polar surface area (TPSA) is 116 Å². The molecule has 0 aromatic heterocycles. The van der Waals surface area contributed by atoms with Crippen LogP contribution in [0.2, 0.25) is 0 Å². The number of amides is 1. The van der Waals surface area contributed by atoms with E-state index in [1.807, 2.05) is 0 Å². The number of rotatable bonds is 12. The summed E-state index contributed by atoms with van der Waals surface area (Å²) in [4.78, 5) is 28.4. The van der Waals surface area contributed by atoms with Crippen molar-refractivity contribution in [3.63, 3.8) is 0 Å². The average Bonchev–Trinajstić information content (AvgIpc) is 2.36. The molecule has 7 nitrogen and oxygen atoms in total. The quantitative estimate of drug-likeness (QED) is 0.320. The number of nitrogens with one attached hydrogen (secondary N) is 1. The fourth-order valence-electron chi connectivity index (χ4n) is 1.75. The van der Waals surface area contributed by atoms with Crippen LogP contribution >= 0.6 is 7.82 Å². The van der Waals surface area contributed by atoms with Crippen molar-refractivity contribution in [3.05, 3.63) is 0 Å². The van der Waals surface area contributed by atoms with Crippen molar-refractivity contribution in [2.75, 3.05) is 13.2 Å². The number of aliphatic hydroxyl groups is 1. The van der Waals surface area contributed by atoms with E-state index in [-0.39, 0.29) is 12.5 Å². The first-order valence-electron chi connectivity index (χ1n) is 7.35. The second kappa shape index (κ2) is 11.2.